The molecule has 2 rings (SSSR count). The fourth-order valence-corrected chi connectivity index (χ4v) is 2.64. The van der Waals surface area contributed by atoms with Crippen molar-refractivity contribution < 1.29 is 9.59 Å². The molecule has 1 atom stereocenters. The second-order valence-electron chi connectivity index (χ2n) is 7.14. The summed E-state index contributed by atoms with van der Waals surface area (Å²) in [5.41, 5.74) is 3.33. The Bertz CT molecular complexity index is 652. The summed E-state index contributed by atoms with van der Waals surface area (Å²) in [5, 5.41) is 5.53. The van der Waals surface area contributed by atoms with E-state index in [9.17, 15) is 9.59 Å². The molecule has 1 aromatic rings. The van der Waals surface area contributed by atoms with Gasteiger partial charge in [-0.05, 0) is 23.5 Å². The van der Waals surface area contributed by atoms with Gasteiger partial charge >= 0.3 is 6.03 Å². The fraction of sp³-hybridized carbons (Fsp3) is 0.444. The first-order valence-corrected chi connectivity index (χ1v) is 7.71. The summed E-state index contributed by atoms with van der Waals surface area (Å²) in [5.74, 6) is -0.111. The number of carbonyl (C=O) groups is 2. The zero-order valence-electron chi connectivity index (χ0n) is 14.7. The fourth-order valence-electron chi connectivity index (χ4n) is 2.64. The Hall–Kier alpha value is -2.30. The first-order chi connectivity index (χ1) is 10.6. The first-order valence-electron chi connectivity index (χ1n) is 7.71. The van der Waals surface area contributed by atoms with Crippen LogP contribution >= 0.6 is 0 Å². The van der Waals surface area contributed by atoms with E-state index in [1.54, 1.807) is 21.0 Å². The lowest BCUT2D eigenvalue weighted by Crippen LogP contribution is -2.46. The number of nitrogens with one attached hydrogen (secondary N) is 2. The SMILES string of the molecule is CC1=C(C(=O)N(C)C)[C@H](c2ccc(C(C)(C)C)cc2)NC(=O)N1. The number of hydrogen-bond acceptors (Lipinski definition) is 2. The summed E-state index contributed by atoms with van der Waals surface area (Å²) in [6.45, 7) is 8.21. The van der Waals surface area contributed by atoms with E-state index < -0.39 is 6.04 Å². The van der Waals surface area contributed by atoms with Crippen LogP contribution in [0.5, 0.6) is 0 Å². The highest BCUT2D eigenvalue weighted by atomic mass is 16.2. The van der Waals surface area contributed by atoms with E-state index in [4.69, 9.17) is 0 Å². The predicted molar refractivity (Wildman–Crippen MR) is 90.9 cm³/mol. The number of allylic oxidation sites excluding steroid dienone is 1. The van der Waals surface area contributed by atoms with Gasteiger partial charge in [-0.25, -0.2) is 4.79 Å². The molecule has 0 bridgehead atoms. The number of amides is 3. The van der Waals surface area contributed by atoms with Gasteiger partial charge in [0, 0.05) is 19.8 Å². The summed E-state index contributed by atoms with van der Waals surface area (Å²) in [4.78, 5) is 25.9. The Morgan fingerprint density at radius 1 is 1.13 bits per heavy atom. The maximum absolute atomic E-state index is 12.5. The van der Waals surface area contributed by atoms with Crippen molar-refractivity contribution in [1.29, 1.82) is 0 Å². The van der Waals surface area contributed by atoms with Gasteiger partial charge in [0.25, 0.3) is 5.91 Å². The van der Waals surface area contributed by atoms with Gasteiger partial charge in [0.1, 0.15) is 0 Å². The minimum atomic E-state index is -0.437. The average molecular weight is 315 g/mol. The number of likely N-dealkylation sites (N-methyl/N-ethyl adjacent to an activating group) is 1. The van der Waals surface area contributed by atoms with Gasteiger partial charge in [0.05, 0.1) is 11.6 Å². The number of hydrogen-bond donors (Lipinski definition) is 2. The molecule has 2 N–H and O–H groups in total. The third kappa shape index (κ3) is 3.55. The van der Waals surface area contributed by atoms with Crippen LogP contribution in [0, 0.1) is 0 Å². The first kappa shape index (κ1) is 17.1. The number of benzene rings is 1. The Kier molecular flexibility index (Phi) is 4.50. The number of urea groups is 1. The second-order valence-corrected chi connectivity index (χ2v) is 7.14. The standard InChI is InChI=1S/C18H25N3O2/c1-11-14(16(22)21(5)6)15(20-17(23)19-11)12-7-9-13(10-8-12)18(2,3)4/h7-10,15H,1-6H3,(H2,19,20,23)/t15-/m0/s1. The molecule has 0 aliphatic carbocycles. The van der Waals surface area contributed by atoms with Crippen LogP contribution in [-0.4, -0.2) is 30.9 Å². The van der Waals surface area contributed by atoms with Crippen LogP contribution in [0.15, 0.2) is 35.5 Å². The maximum Gasteiger partial charge on any atom is 0.319 e. The molecule has 0 radical (unpaired) electrons. The average Bonchev–Trinajstić information content (AvgIpc) is 2.45. The van der Waals surface area contributed by atoms with Crippen molar-refractivity contribution in [3.8, 4) is 0 Å². The lowest BCUT2D eigenvalue weighted by atomic mass is 9.85. The highest BCUT2D eigenvalue weighted by molar-refractivity contribution is 5.98. The molecular formula is C18H25N3O2. The summed E-state index contributed by atoms with van der Waals surface area (Å²) in [6, 6.07) is 7.34. The quantitative estimate of drug-likeness (QED) is 0.881. The molecule has 0 saturated carbocycles. The molecule has 5 nitrogen and oxygen atoms in total. The Morgan fingerprint density at radius 2 is 1.70 bits per heavy atom. The summed E-state index contributed by atoms with van der Waals surface area (Å²) >= 11 is 0. The van der Waals surface area contributed by atoms with Crippen molar-refractivity contribution in [3.63, 3.8) is 0 Å². The third-order valence-electron chi connectivity index (χ3n) is 4.02. The Morgan fingerprint density at radius 3 is 2.17 bits per heavy atom. The van der Waals surface area contributed by atoms with Crippen molar-refractivity contribution in [2.45, 2.75) is 39.2 Å². The van der Waals surface area contributed by atoms with E-state index in [1.807, 2.05) is 12.1 Å². The van der Waals surface area contributed by atoms with Crippen LogP contribution in [-0.2, 0) is 10.2 Å². The monoisotopic (exact) mass is 315 g/mol. The largest absolute Gasteiger partial charge is 0.345 e. The molecule has 0 unspecified atom stereocenters. The van der Waals surface area contributed by atoms with Crippen molar-refractivity contribution in [2.24, 2.45) is 0 Å². The summed E-state index contributed by atoms with van der Waals surface area (Å²) in [7, 11) is 3.41. The van der Waals surface area contributed by atoms with Gasteiger partial charge in [-0.1, -0.05) is 45.0 Å². The molecule has 0 saturated heterocycles. The van der Waals surface area contributed by atoms with Crippen molar-refractivity contribution in [1.82, 2.24) is 15.5 Å². The molecule has 0 spiro atoms. The minimum absolute atomic E-state index is 0.0595. The van der Waals surface area contributed by atoms with E-state index in [0.717, 1.165) is 5.56 Å². The summed E-state index contributed by atoms with van der Waals surface area (Å²) < 4.78 is 0. The van der Waals surface area contributed by atoms with E-state index in [-0.39, 0.29) is 17.4 Å². The van der Waals surface area contributed by atoms with Crippen LogP contribution < -0.4 is 10.6 Å². The molecule has 1 aliphatic rings. The van der Waals surface area contributed by atoms with Crippen molar-refractivity contribution in [3.05, 3.63) is 46.7 Å². The van der Waals surface area contributed by atoms with Gasteiger partial charge in [0.2, 0.25) is 0 Å². The molecule has 5 heteroatoms. The molecule has 1 heterocycles. The highest BCUT2D eigenvalue weighted by Crippen LogP contribution is 2.30. The molecule has 1 aromatic carbocycles. The molecular weight excluding hydrogens is 290 g/mol. The molecule has 1 aliphatic heterocycles. The van der Waals surface area contributed by atoms with E-state index in [0.29, 0.717) is 11.3 Å². The summed E-state index contributed by atoms with van der Waals surface area (Å²) in [6.07, 6.45) is 0. The van der Waals surface area contributed by atoms with Gasteiger partial charge in [-0.3, -0.25) is 4.79 Å². The van der Waals surface area contributed by atoms with Crippen LogP contribution in [0.4, 0.5) is 4.79 Å². The zero-order chi connectivity index (χ0) is 17.4. The second kappa shape index (κ2) is 6.07. The molecule has 0 aromatic heterocycles. The topological polar surface area (TPSA) is 61.4 Å². The van der Waals surface area contributed by atoms with Crippen LogP contribution in [0.2, 0.25) is 0 Å². The molecule has 124 valence electrons. The lowest BCUT2D eigenvalue weighted by molar-refractivity contribution is -0.125. The normalized spacial score (nSPS) is 18.3. The Balaban J connectivity index is 2.44. The smallest absolute Gasteiger partial charge is 0.319 e. The maximum atomic E-state index is 12.5. The van der Waals surface area contributed by atoms with Gasteiger partial charge in [-0.15, -0.1) is 0 Å². The number of carbonyl (C=O) groups excluding carboxylic acids is 2. The van der Waals surface area contributed by atoms with Gasteiger partial charge in [0.15, 0.2) is 0 Å². The highest BCUT2D eigenvalue weighted by Gasteiger charge is 2.32. The molecule has 0 fully saturated rings. The van der Waals surface area contributed by atoms with Crippen molar-refractivity contribution >= 4 is 11.9 Å². The van der Waals surface area contributed by atoms with Gasteiger partial charge in [-0.2, -0.15) is 0 Å². The van der Waals surface area contributed by atoms with Crippen LogP contribution in [0.1, 0.15) is 44.9 Å². The third-order valence-corrected chi connectivity index (χ3v) is 4.02. The van der Waals surface area contributed by atoms with Crippen molar-refractivity contribution in [2.75, 3.05) is 14.1 Å². The number of rotatable bonds is 2. The molecule has 3 amide bonds. The van der Waals surface area contributed by atoms with Crippen LogP contribution in [0.25, 0.3) is 0 Å². The number of nitrogens with zero attached hydrogens (tertiary/aromatic N) is 1. The predicted octanol–water partition coefficient (Wildman–Crippen LogP) is 2.70. The minimum Gasteiger partial charge on any atom is -0.345 e. The van der Waals surface area contributed by atoms with Gasteiger partial charge < -0.3 is 15.5 Å². The van der Waals surface area contributed by atoms with E-state index >= 15 is 0 Å². The molecule has 23 heavy (non-hydrogen) atoms. The van der Waals surface area contributed by atoms with Crippen LogP contribution in [0.3, 0.4) is 0 Å². The van der Waals surface area contributed by atoms with E-state index in [2.05, 4.69) is 43.5 Å². The zero-order valence-corrected chi connectivity index (χ0v) is 14.7. The lowest BCUT2D eigenvalue weighted by Gasteiger charge is -2.30. The Labute approximate surface area is 137 Å². The van der Waals surface area contributed by atoms with E-state index in [1.165, 1.54) is 10.5 Å².